The van der Waals surface area contributed by atoms with Crippen LogP contribution in [0.5, 0.6) is 17.2 Å². The molecule has 0 bridgehead atoms. The van der Waals surface area contributed by atoms with E-state index in [1.165, 1.54) is 32.0 Å². The van der Waals surface area contributed by atoms with Gasteiger partial charge in [0.2, 0.25) is 0 Å². The lowest BCUT2D eigenvalue weighted by Crippen LogP contribution is -2.43. The van der Waals surface area contributed by atoms with Gasteiger partial charge in [-0.2, -0.15) is 0 Å². The molecule has 0 spiro atoms. The smallest absolute Gasteiger partial charge is 0.284 e. The second kappa shape index (κ2) is 12.8. The summed E-state index contributed by atoms with van der Waals surface area (Å²) in [6.45, 7) is 6.50. The van der Waals surface area contributed by atoms with Crippen molar-refractivity contribution >= 4 is 29.0 Å². The van der Waals surface area contributed by atoms with Gasteiger partial charge in [-0.15, -0.1) is 0 Å². The molecule has 2 aromatic carbocycles. The van der Waals surface area contributed by atoms with Gasteiger partial charge in [-0.3, -0.25) is 24.3 Å². The van der Waals surface area contributed by atoms with Gasteiger partial charge in [0.1, 0.15) is 34.8 Å². The van der Waals surface area contributed by atoms with Crippen molar-refractivity contribution in [1.29, 1.82) is 0 Å². The lowest BCUT2D eigenvalue weighted by molar-refractivity contribution is -0.384. The highest BCUT2D eigenvalue weighted by Gasteiger charge is 2.36. The van der Waals surface area contributed by atoms with Crippen LogP contribution < -0.4 is 29.1 Å². The molecule has 1 atom stereocenters. The van der Waals surface area contributed by atoms with Gasteiger partial charge in [-0.1, -0.05) is 11.3 Å². The zero-order valence-corrected chi connectivity index (χ0v) is 26.5. The zero-order valence-electron chi connectivity index (χ0n) is 25.7. The molecule has 3 heterocycles. The molecule has 4 aromatic rings. The average molecular weight is 633 g/mol. The molecule has 0 radical (unpaired) electrons. The number of allylic oxidation sites excluding steroid dienone is 1. The van der Waals surface area contributed by atoms with Gasteiger partial charge in [0, 0.05) is 24.7 Å². The van der Waals surface area contributed by atoms with Crippen molar-refractivity contribution in [1.82, 2.24) is 9.47 Å². The molecule has 0 saturated carbocycles. The molecule has 0 aliphatic carbocycles. The topological polar surface area (TPSA) is 139 Å². The van der Waals surface area contributed by atoms with E-state index in [-0.39, 0.29) is 28.5 Å². The number of benzene rings is 2. The number of thiazole rings is 1. The summed E-state index contributed by atoms with van der Waals surface area (Å²) in [6, 6.07) is 12.1. The minimum absolute atomic E-state index is 0.178. The van der Waals surface area contributed by atoms with Gasteiger partial charge < -0.3 is 23.5 Å². The fourth-order valence-electron chi connectivity index (χ4n) is 5.33. The Balaban J connectivity index is 1.68. The van der Waals surface area contributed by atoms with E-state index >= 15 is 0 Å². The molecule has 45 heavy (non-hydrogen) atoms. The molecule has 234 valence electrons. The summed E-state index contributed by atoms with van der Waals surface area (Å²) in [7, 11) is 4.50. The number of hydrogen-bond donors (Lipinski definition) is 0. The Morgan fingerprint density at radius 3 is 2.40 bits per heavy atom. The Morgan fingerprint density at radius 2 is 1.76 bits per heavy atom. The van der Waals surface area contributed by atoms with Gasteiger partial charge in [0.15, 0.2) is 4.80 Å². The van der Waals surface area contributed by atoms with Crippen LogP contribution in [0.3, 0.4) is 0 Å². The maximum atomic E-state index is 14.1. The number of aromatic nitrogens is 1. The first kappa shape index (κ1) is 31.3. The maximum absolute atomic E-state index is 14.1. The van der Waals surface area contributed by atoms with E-state index in [0.717, 1.165) is 11.3 Å². The minimum Gasteiger partial charge on any atom is -0.497 e. The van der Waals surface area contributed by atoms with E-state index in [0.29, 0.717) is 62.3 Å². The average Bonchev–Trinajstić information content (AvgIpc) is 3.63. The summed E-state index contributed by atoms with van der Waals surface area (Å²) in [5.74, 6) is 1.69. The van der Waals surface area contributed by atoms with E-state index in [9.17, 15) is 19.7 Å². The molecule has 13 heteroatoms. The second-order valence-electron chi connectivity index (χ2n) is 10.0. The van der Waals surface area contributed by atoms with Crippen LogP contribution in [0.2, 0.25) is 0 Å². The third-order valence-electron chi connectivity index (χ3n) is 7.60. The number of carbonyl (C=O) groups excluding carboxylic acids is 1. The molecule has 0 unspecified atom stereocenters. The summed E-state index contributed by atoms with van der Waals surface area (Å²) in [4.78, 5) is 46.1. The number of nitro benzene ring substituents is 1. The number of hydrogen-bond acceptors (Lipinski definition) is 10. The lowest BCUT2D eigenvalue weighted by Gasteiger charge is -2.30. The Kier molecular flexibility index (Phi) is 8.91. The largest absolute Gasteiger partial charge is 0.497 e. The molecule has 1 aliphatic rings. The molecule has 5 rings (SSSR count). The molecular weight excluding hydrogens is 600 g/mol. The highest BCUT2D eigenvalue weighted by molar-refractivity contribution is 7.07. The van der Waals surface area contributed by atoms with Gasteiger partial charge in [-0.05, 0) is 63.2 Å². The van der Waals surface area contributed by atoms with Gasteiger partial charge in [0.25, 0.3) is 17.2 Å². The molecule has 2 aromatic heterocycles. The Bertz CT molecular complexity index is 2000. The third-order valence-corrected chi connectivity index (χ3v) is 8.58. The number of nitrogens with zero attached hydrogens (tertiary/aromatic N) is 4. The molecule has 12 nitrogen and oxygen atoms in total. The van der Waals surface area contributed by atoms with Crippen LogP contribution in [0.25, 0.3) is 17.4 Å². The van der Waals surface area contributed by atoms with Crippen LogP contribution in [0.4, 0.5) is 5.69 Å². The van der Waals surface area contributed by atoms with Gasteiger partial charge in [-0.25, -0.2) is 4.99 Å². The fourth-order valence-corrected chi connectivity index (χ4v) is 6.35. The highest BCUT2D eigenvalue weighted by Crippen LogP contribution is 2.38. The summed E-state index contributed by atoms with van der Waals surface area (Å²) >= 11 is 1.15. The number of ether oxygens (including phenoxy) is 3. The SMILES string of the molecule is CCN(CC)C(=O)C1=C(C)N=c2s/c(=C/c3ccc(-c4ccc(OC)cc4[N+](=O)[O-])o3)c(=O)n2[C@@H]1c1cc(OC)ccc1OC. The number of furan rings is 1. The molecule has 1 aliphatic heterocycles. The van der Waals surface area contributed by atoms with Crippen molar-refractivity contribution in [3.63, 3.8) is 0 Å². The highest BCUT2D eigenvalue weighted by atomic mass is 32.1. The molecule has 0 N–H and O–H groups in total. The van der Waals surface area contributed by atoms with Crippen LogP contribution in [0, 0.1) is 10.1 Å². The van der Waals surface area contributed by atoms with Crippen molar-refractivity contribution in [2.75, 3.05) is 34.4 Å². The van der Waals surface area contributed by atoms with Crippen LogP contribution in [-0.2, 0) is 4.79 Å². The van der Waals surface area contributed by atoms with E-state index in [1.807, 2.05) is 13.8 Å². The van der Waals surface area contributed by atoms with E-state index < -0.39 is 11.0 Å². The second-order valence-corrected chi connectivity index (χ2v) is 11.0. The quantitative estimate of drug-likeness (QED) is 0.186. The predicted molar refractivity (Wildman–Crippen MR) is 169 cm³/mol. The Morgan fingerprint density at radius 1 is 1.07 bits per heavy atom. The third kappa shape index (κ3) is 5.74. The molecule has 0 saturated heterocycles. The van der Waals surface area contributed by atoms with Crippen LogP contribution in [0.1, 0.15) is 38.1 Å². The van der Waals surface area contributed by atoms with Crippen molar-refractivity contribution < 1.29 is 28.3 Å². The van der Waals surface area contributed by atoms with Crippen molar-refractivity contribution in [2.24, 2.45) is 4.99 Å². The van der Waals surface area contributed by atoms with E-state index in [2.05, 4.69) is 0 Å². The number of carbonyl (C=O) groups is 1. The lowest BCUT2D eigenvalue weighted by atomic mass is 9.93. The Labute approximate surface area is 262 Å². The molecular formula is C32H32N4O8S. The van der Waals surface area contributed by atoms with Crippen LogP contribution in [0.15, 0.2) is 74.0 Å². The van der Waals surface area contributed by atoms with E-state index in [1.54, 1.807) is 60.4 Å². The number of amides is 1. The number of methoxy groups -OCH3 is 3. The van der Waals surface area contributed by atoms with Gasteiger partial charge in [0.05, 0.1) is 53.7 Å². The Hall–Kier alpha value is -5.17. The fraction of sp³-hybridized carbons (Fsp3) is 0.281. The van der Waals surface area contributed by atoms with Crippen molar-refractivity contribution in [3.8, 4) is 28.6 Å². The summed E-state index contributed by atoms with van der Waals surface area (Å²) in [6.07, 6.45) is 1.56. The van der Waals surface area contributed by atoms with E-state index in [4.69, 9.17) is 23.6 Å². The predicted octanol–water partition coefficient (Wildman–Crippen LogP) is 4.30. The molecule has 1 amide bonds. The summed E-state index contributed by atoms with van der Waals surface area (Å²) in [5, 5.41) is 11.7. The normalized spacial score (nSPS) is 14.5. The monoisotopic (exact) mass is 632 g/mol. The van der Waals surface area contributed by atoms with Crippen LogP contribution >= 0.6 is 11.3 Å². The van der Waals surface area contributed by atoms with Crippen LogP contribution in [-0.4, -0.2) is 54.7 Å². The number of likely N-dealkylation sites (N-methyl/N-ethyl adjacent to an activating group) is 1. The first-order chi connectivity index (χ1) is 21.6. The van der Waals surface area contributed by atoms with Crippen molar-refractivity contribution in [2.45, 2.75) is 26.8 Å². The first-order valence-corrected chi connectivity index (χ1v) is 14.9. The number of rotatable bonds is 10. The zero-order chi connectivity index (χ0) is 32.4. The minimum atomic E-state index is -0.851. The van der Waals surface area contributed by atoms with Crippen molar-refractivity contribution in [3.05, 3.63) is 101 Å². The number of fused-ring (bicyclic) bond motifs is 1. The standard InChI is InChI=1S/C32H32N4O8S/c1-7-34(8-2)31(38)28-18(3)33-32-35(29(28)23-15-19(41-4)10-13-25(23)43-6)30(37)27(45-32)17-21-11-14-26(44-21)22-12-9-20(42-5)16-24(22)36(39)40/h9-17,29H,7-8H2,1-6H3/b27-17+/t29-/m1/s1. The van der Waals surface area contributed by atoms with Gasteiger partial charge >= 0.3 is 0 Å². The maximum Gasteiger partial charge on any atom is 0.284 e. The summed E-state index contributed by atoms with van der Waals surface area (Å²) < 4.78 is 24.1. The molecule has 0 fully saturated rings. The summed E-state index contributed by atoms with van der Waals surface area (Å²) in [5.41, 5.74) is 1.11. The first-order valence-electron chi connectivity index (χ1n) is 14.1. The number of nitro groups is 1.